The lowest BCUT2D eigenvalue weighted by molar-refractivity contribution is -0.140. The fraction of sp³-hybridized carbons (Fsp3) is 0.310. The van der Waals surface area contributed by atoms with Gasteiger partial charge >= 0.3 is 0 Å². The first-order valence-corrected chi connectivity index (χ1v) is 14.2. The molecule has 0 bridgehead atoms. The van der Waals surface area contributed by atoms with Crippen molar-refractivity contribution in [3.63, 3.8) is 0 Å². The van der Waals surface area contributed by atoms with Gasteiger partial charge in [0.05, 0.1) is 17.7 Å². The van der Waals surface area contributed by atoms with E-state index < -0.39 is 34.1 Å². The highest BCUT2D eigenvalue weighted by Crippen LogP contribution is 2.27. The van der Waals surface area contributed by atoms with Crippen LogP contribution >= 0.6 is 11.6 Å². The number of nitrogens with one attached hydrogen (secondary N) is 1. The molecule has 208 valence electrons. The third-order valence-electron chi connectivity index (χ3n) is 5.88. The number of methoxy groups -OCH3 is 1. The van der Waals surface area contributed by atoms with Crippen LogP contribution in [0.3, 0.4) is 0 Å². The van der Waals surface area contributed by atoms with Crippen molar-refractivity contribution in [1.82, 2.24) is 10.2 Å². The molecule has 0 aliphatic heterocycles. The zero-order chi connectivity index (χ0) is 28.8. The zero-order valence-corrected chi connectivity index (χ0v) is 24.3. The molecular weight excluding hydrogens is 538 g/mol. The first-order chi connectivity index (χ1) is 18.3. The van der Waals surface area contributed by atoms with Crippen LogP contribution in [0.5, 0.6) is 5.75 Å². The average Bonchev–Trinajstić information content (AvgIpc) is 2.90. The molecule has 2 amide bonds. The quantitative estimate of drug-likeness (QED) is 0.374. The van der Waals surface area contributed by atoms with Crippen LogP contribution in [0.4, 0.5) is 5.69 Å². The fourth-order valence-corrected chi connectivity index (χ4v) is 5.41. The van der Waals surface area contributed by atoms with Crippen LogP contribution in [-0.2, 0) is 26.2 Å². The topological polar surface area (TPSA) is 96.0 Å². The molecule has 3 aromatic rings. The predicted octanol–water partition coefficient (Wildman–Crippen LogP) is 4.88. The molecule has 0 saturated heterocycles. The van der Waals surface area contributed by atoms with Crippen molar-refractivity contribution in [3.8, 4) is 5.75 Å². The van der Waals surface area contributed by atoms with E-state index >= 15 is 0 Å². The Labute approximate surface area is 235 Å². The molecule has 3 rings (SSSR count). The number of sulfonamides is 1. The summed E-state index contributed by atoms with van der Waals surface area (Å²) in [5.41, 5.74) is 0.468. The first-order valence-electron chi connectivity index (χ1n) is 12.4. The van der Waals surface area contributed by atoms with Crippen molar-refractivity contribution in [3.05, 3.63) is 89.4 Å². The number of rotatable bonds is 10. The number of halogens is 1. The molecule has 0 aliphatic rings. The molecule has 0 heterocycles. The SMILES string of the molecule is COc1cccc(N(CC(=O)N(Cc2ccc(Cl)cc2)[C@H](C)C(=O)NC(C)(C)C)S(=O)(=O)c2ccccc2)c1. The van der Waals surface area contributed by atoms with E-state index in [9.17, 15) is 18.0 Å². The summed E-state index contributed by atoms with van der Waals surface area (Å²) in [5, 5.41) is 3.44. The van der Waals surface area contributed by atoms with Crippen LogP contribution in [-0.4, -0.2) is 50.4 Å². The van der Waals surface area contributed by atoms with Gasteiger partial charge < -0.3 is 15.0 Å². The highest BCUT2D eigenvalue weighted by molar-refractivity contribution is 7.92. The van der Waals surface area contributed by atoms with Gasteiger partial charge in [-0.2, -0.15) is 0 Å². The second-order valence-corrected chi connectivity index (χ2v) is 12.4. The van der Waals surface area contributed by atoms with E-state index in [1.165, 1.54) is 24.1 Å². The first kappa shape index (κ1) is 30.0. The Hall–Kier alpha value is -3.56. The van der Waals surface area contributed by atoms with E-state index in [1.54, 1.807) is 73.7 Å². The van der Waals surface area contributed by atoms with Gasteiger partial charge in [0.1, 0.15) is 18.3 Å². The largest absolute Gasteiger partial charge is 0.497 e. The highest BCUT2D eigenvalue weighted by Gasteiger charge is 2.33. The summed E-state index contributed by atoms with van der Waals surface area (Å²) in [7, 11) is -2.67. The van der Waals surface area contributed by atoms with Gasteiger partial charge in [0, 0.05) is 23.2 Å². The summed E-state index contributed by atoms with van der Waals surface area (Å²) in [5.74, 6) is -0.475. The Morgan fingerprint density at radius 3 is 2.21 bits per heavy atom. The van der Waals surface area contributed by atoms with E-state index in [0.717, 1.165) is 9.87 Å². The number of anilines is 1. The van der Waals surface area contributed by atoms with Gasteiger partial charge in [-0.05, 0) is 69.7 Å². The van der Waals surface area contributed by atoms with Gasteiger partial charge in [-0.1, -0.05) is 48.0 Å². The Kier molecular flexibility index (Phi) is 9.63. The molecule has 0 aromatic heterocycles. The Bertz CT molecular complexity index is 1390. The lowest BCUT2D eigenvalue weighted by atomic mass is 10.1. The van der Waals surface area contributed by atoms with Crippen molar-refractivity contribution in [2.24, 2.45) is 0 Å². The van der Waals surface area contributed by atoms with Gasteiger partial charge in [0.2, 0.25) is 11.8 Å². The summed E-state index contributed by atoms with van der Waals surface area (Å²) in [4.78, 5) is 28.5. The van der Waals surface area contributed by atoms with E-state index in [-0.39, 0.29) is 23.0 Å². The molecule has 1 atom stereocenters. The molecule has 8 nitrogen and oxygen atoms in total. The van der Waals surface area contributed by atoms with Crippen molar-refractivity contribution >= 4 is 39.1 Å². The van der Waals surface area contributed by atoms with Crippen molar-refractivity contribution in [2.75, 3.05) is 18.0 Å². The second-order valence-electron chi connectivity index (χ2n) is 10.1. The van der Waals surface area contributed by atoms with Crippen molar-refractivity contribution in [2.45, 2.75) is 50.7 Å². The van der Waals surface area contributed by atoms with Crippen LogP contribution in [0, 0.1) is 0 Å². The smallest absolute Gasteiger partial charge is 0.264 e. The molecule has 1 N–H and O–H groups in total. The van der Waals surface area contributed by atoms with Gasteiger partial charge in [-0.3, -0.25) is 13.9 Å². The minimum Gasteiger partial charge on any atom is -0.497 e. The zero-order valence-electron chi connectivity index (χ0n) is 22.7. The Morgan fingerprint density at radius 2 is 1.62 bits per heavy atom. The molecule has 0 saturated carbocycles. The number of carbonyl (C=O) groups excluding carboxylic acids is 2. The second kappa shape index (κ2) is 12.5. The summed E-state index contributed by atoms with van der Waals surface area (Å²) < 4.78 is 33.9. The monoisotopic (exact) mass is 571 g/mol. The number of hydrogen-bond acceptors (Lipinski definition) is 5. The third-order valence-corrected chi connectivity index (χ3v) is 7.92. The van der Waals surface area contributed by atoms with Gasteiger partial charge in [-0.15, -0.1) is 0 Å². The van der Waals surface area contributed by atoms with Crippen LogP contribution in [0.1, 0.15) is 33.3 Å². The maximum absolute atomic E-state index is 13.9. The average molecular weight is 572 g/mol. The van der Waals surface area contributed by atoms with E-state index in [1.807, 2.05) is 20.8 Å². The maximum atomic E-state index is 13.9. The van der Waals surface area contributed by atoms with Gasteiger partial charge in [-0.25, -0.2) is 8.42 Å². The van der Waals surface area contributed by atoms with Crippen LogP contribution < -0.4 is 14.4 Å². The molecule has 10 heteroatoms. The van der Waals surface area contributed by atoms with Crippen LogP contribution in [0.15, 0.2) is 83.8 Å². The summed E-state index contributed by atoms with van der Waals surface area (Å²) >= 11 is 6.04. The highest BCUT2D eigenvalue weighted by atomic mass is 35.5. The van der Waals surface area contributed by atoms with E-state index in [4.69, 9.17) is 16.3 Å². The molecule has 0 unspecified atom stereocenters. The van der Waals surface area contributed by atoms with Gasteiger partial charge in [0.25, 0.3) is 10.0 Å². The van der Waals surface area contributed by atoms with E-state index in [0.29, 0.717) is 10.8 Å². The van der Waals surface area contributed by atoms with Crippen molar-refractivity contribution < 1.29 is 22.7 Å². The number of benzene rings is 3. The third kappa shape index (κ3) is 7.97. The standard InChI is InChI=1S/C29H34ClN3O5S/c1-21(28(35)31-29(2,3)4)32(19-22-14-16-23(30)17-15-22)27(34)20-33(24-10-9-11-25(18-24)38-5)39(36,37)26-12-7-6-8-13-26/h6-18,21H,19-20H2,1-5H3,(H,31,35)/t21-/m1/s1. The normalized spacial score (nSPS) is 12.4. The molecule has 39 heavy (non-hydrogen) atoms. The number of amides is 2. The Morgan fingerprint density at radius 1 is 0.974 bits per heavy atom. The predicted molar refractivity (Wildman–Crippen MR) is 153 cm³/mol. The molecule has 0 spiro atoms. The molecule has 0 aliphatic carbocycles. The lowest BCUT2D eigenvalue weighted by Gasteiger charge is -2.33. The minimum atomic E-state index is -4.15. The molecule has 0 radical (unpaired) electrons. The van der Waals surface area contributed by atoms with Crippen molar-refractivity contribution in [1.29, 1.82) is 0 Å². The summed E-state index contributed by atoms with van der Waals surface area (Å²) in [6.07, 6.45) is 0. The maximum Gasteiger partial charge on any atom is 0.264 e. The molecule has 3 aromatic carbocycles. The van der Waals surface area contributed by atoms with E-state index in [2.05, 4.69) is 5.32 Å². The number of ether oxygens (including phenoxy) is 1. The summed E-state index contributed by atoms with van der Waals surface area (Å²) in [6.45, 7) is 6.70. The molecular formula is C29H34ClN3O5S. The Balaban J connectivity index is 2.04. The lowest BCUT2D eigenvalue weighted by Crippen LogP contribution is -2.54. The molecule has 0 fully saturated rings. The number of nitrogens with zero attached hydrogens (tertiary/aromatic N) is 2. The van der Waals surface area contributed by atoms with Crippen LogP contribution in [0.25, 0.3) is 0 Å². The number of hydrogen-bond donors (Lipinski definition) is 1. The van der Waals surface area contributed by atoms with Crippen LogP contribution in [0.2, 0.25) is 5.02 Å². The fourth-order valence-electron chi connectivity index (χ4n) is 3.86. The van der Waals surface area contributed by atoms with Gasteiger partial charge in [0.15, 0.2) is 0 Å². The number of carbonyl (C=O) groups is 2. The minimum absolute atomic E-state index is 0.0309. The summed E-state index contributed by atoms with van der Waals surface area (Å²) in [6, 6.07) is 20.4.